The highest BCUT2D eigenvalue weighted by atomic mass is 19.1. The minimum absolute atomic E-state index is 0.0356. The quantitative estimate of drug-likeness (QED) is 0.920. The highest BCUT2D eigenvalue weighted by Crippen LogP contribution is 2.30. The molecule has 0 spiro atoms. The van der Waals surface area contributed by atoms with Crippen molar-refractivity contribution in [3.8, 4) is 5.88 Å². The van der Waals surface area contributed by atoms with Gasteiger partial charge in [0.15, 0.2) is 0 Å². The minimum atomic E-state index is -0.338. The fourth-order valence-electron chi connectivity index (χ4n) is 3.10. The van der Waals surface area contributed by atoms with Gasteiger partial charge < -0.3 is 10.5 Å². The van der Waals surface area contributed by atoms with Crippen LogP contribution in [0.2, 0.25) is 0 Å². The lowest BCUT2D eigenvalue weighted by Gasteiger charge is -2.26. The molecular weight excluding hydrogens is 297 g/mol. The average Bonchev–Trinajstić information content (AvgIpc) is 2.55. The molecular formula is C17H20FN3O2. The summed E-state index contributed by atoms with van der Waals surface area (Å²) in [6.07, 6.45) is 6.22. The lowest BCUT2D eigenvalue weighted by Crippen LogP contribution is -2.28. The van der Waals surface area contributed by atoms with E-state index < -0.39 is 0 Å². The van der Waals surface area contributed by atoms with Gasteiger partial charge in [-0.2, -0.15) is 0 Å². The fraction of sp³-hybridized carbons (Fsp3) is 0.471. The number of carbonyl (C=O) groups excluding carboxylic acids is 1. The lowest BCUT2D eigenvalue weighted by molar-refractivity contribution is -0.122. The molecule has 1 amide bonds. The second kappa shape index (κ2) is 6.89. The van der Waals surface area contributed by atoms with Gasteiger partial charge in [0.25, 0.3) is 0 Å². The summed E-state index contributed by atoms with van der Waals surface area (Å²) in [5, 5.41) is 0. The molecule has 2 aromatic rings. The molecule has 0 unspecified atom stereocenters. The zero-order valence-corrected chi connectivity index (χ0v) is 12.9. The molecule has 3 rings (SSSR count). The van der Waals surface area contributed by atoms with Gasteiger partial charge in [0.05, 0.1) is 23.8 Å². The van der Waals surface area contributed by atoms with Crippen molar-refractivity contribution in [2.75, 3.05) is 6.61 Å². The first-order valence-corrected chi connectivity index (χ1v) is 7.96. The van der Waals surface area contributed by atoms with Crippen molar-refractivity contribution in [2.45, 2.75) is 32.1 Å². The van der Waals surface area contributed by atoms with Gasteiger partial charge in [-0.1, -0.05) is 0 Å². The van der Waals surface area contributed by atoms with Crippen LogP contribution in [-0.2, 0) is 4.79 Å². The molecule has 0 bridgehead atoms. The van der Waals surface area contributed by atoms with Crippen molar-refractivity contribution >= 4 is 16.9 Å². The summed E-state index contributed by atoms with van der Waals surface area (Å²) < 4.78 is 18.9. The molecule has 0 aliphatic heterocycles. The number of primary amides is 1. The van der Waals surface area contributed by atoms with E-state index in [1.165, 1.54) is 12.1 Å². The number of hydrogen-bond donors (Lipinski definition) is 1. The molecule has 23 heavy (non-hydrogen) atoms. The Morgan fingerprint density at radius 3 is 2.78 bits per heavy atom. The van der Waals surface area contributed by atoms with Gasteiger partial charge in [0, 0.05) is 12.0 Å². The molecule has 122 valence electrons. The number of nitrogens with two attached hydrogens (primary N) is 1. The van der Waals surface area contributed by atoms with Crippen molar-refractivity contribution in [3.05, 3.63) is 30.2 Å². The normalized spacial score (nSPS) is 21.3. The molecule has 6 heteroatoms. The van der Waals surface area contributed by atoms with E-state index in [1.807, 2.05) is 0 Å². The summed E-state index contributed by atoms with van der Waals surface area (Å²) >= 11 is 0. The molecule has 2 N–H and O–H groups in total. The van der Waals surface area contributed by atoms with Crippen molar-refractivity contribution in [2.24, 2.45) is 17.6 Å². The number of ether oxygens (including phenoxy) is 1. The Morgan fingerprint density at radius 2 is 2.04 bits per heavy atom. The van der Waals surface area contributed by atoms with E-state index in [0.717, 1.165) is 32.1 Å². The Balaban J connectivity index is 1.50. The predicted molar refractivity (Wildman–Crippen MR) is 84.3 cm³/mol. The van der Waals surface area contributed by atoms with Crippen LogP contribution in [0.1, 0.15) is 32.1 Å². The van der Waals surface area contributed by atoms with E-state index >= 15 is 0 Å². The Kier molecular flexibility index (Phi) is 4.69. The molecule has 1 aliphatic carbocycles. The highest BCUT2D eigenvalue weighted by Gasteiger charge is 2.24. The van der Waals surface area contributed by atoms with E-state index in [0.29, 0.717) is 29.4 Å². The van der Waals surface area contributed by atoms with E-state index in [1.54, 1.807) is 12.3 Å². The van der Waals surface area contributed by atoms with Crippen LogP contribution in [0.5, 0.6) is 5.88 Å². The smallest absolute Gasteiger partial charge is 0.232 e. The topological polar surface area (TPSA) is 78.1 Å². The Hall–Kier alpha value is -2.24. The van der Waals surface area contributed by atoms with Gasteiger partial charge >= 0.3 is 0 Å². The number of aromatic nitrogens is 2. The summed E-state index contributed by atoms with van der Waals surface area (Å²) in [6, 6.07) is 4.30. The van der Waals surface area contributed by atoms with Crippen molar-refractivity contribution in [1.29, 1.82) is 0 Å². The number of carbonyl (C=O) groups is 1. The van der Waals surface area contributed by atoms with Crippen molar-refractivity contribution in [1.82, 2.24) is 9.97 Å². The van der Waals surface area contributed by atoms with E-state index in [9.17, 15) is 9.18 Å². The van der Waals surface area contributed by atoms with E-state index in [-0.39, 0.29) is 17.6 Å². The van der Waals surface area contributed by atoms with Gasteiger partial charge in [0.1, 0.15) is 5.82 Å². The minimum Gasteiger partial charge on any atom is -0.477 e. The monoisotopic (exact) mass is 317 g/mol. The van der Waals surface area contributed by atoms with Gasteiger partial charge in [-0.25, -0.2) is 14.4 Å². The summed E-state index contributed by atoms with van der Waals surface area (Å²) in [5.41, 5.74) is 6.47. The lowest BCUT2D eigenvalue weighted by atomic mass is 9.80. The molecule has 1 aromatic carbocycles. The highest BCUT2D eigenvalue weighted by molar-refractivity contribution is 5.76. The SMILES string of the molecule is NC(=O)C1CCC(CCOc2cnc3ccc(F)cc3n2)CC1. The summed E-state index contributed by atoms with van der Waals surface area (Å²) in [4.78, 5) is 19.6. The van der Waals surface area contributed by atoms with Crippen LogP contribution in [-0.4, -0.2) is 22.5 Å². The largest absolute Gasteiger partial charge is 0.477 e. The van der Waals surface area contributed by atoms with Crippen LogP contribution in [0.3, 0.4) is 0 Å². The first kappa shape index (κ1) is 15.6. The zero-order valence-electron chi connectivity index (χ0n) is 12.9. The number of fused-ring (bicyclic) bond motifs is 1. The number of amides is 1. The molecule has 5 nitrogen and oxygen atoms in total. The maximum absolute atomic E-state index is 13.2. The maximum atomic E-state index is 13.2. The summed E-state index contributed by atoms with van der Waals surface area (Å²) in [5.74, 6) is 0.479. The first-order valence-electron chi connectivity index (χ1n) is 7.96. The third-order valence-corrected chi connectivity index (χ3v) is 4.51. The molecule has 1 saturated carbocycles. The number of benzene rings is 1. The summed E-state index contributed by atoms with van der Waals surface area (Å²) in [6.45, 7) is 0.543. The summed E-state index contributed by atoms with van der Waals surface area (Å²) in [7, 11) is 0. The fourth-order valence-corrected chi connectivity index (χ4v) is 3.10. The van der Waals surface area contributed by atoms with E-state index in [4.69, 9.17) is 10.5 Å². The Labute approximate surface area is 134 Å². The second-order valence-corrected chi connectivity index (χ2v) is 6.10. The van der Waals surface area contributed by atoms with Crippen LogP contribution >= 0.6 is 0 Å². The number of rotatable bonds is 5. The predicted octanol–water partition coefficient (Wildman–Crippen LogP) is 2.83. The third-order valence-electron chi connectivity index (χ3n) is 4.51. The van der Waals surface area contributed by atoms with Crippen LogP contribution in [0.25, 0.3) is 11.0 Å². The van der Waals surface area contributed by atoms with Crippen LogP contribution in [0, 0.1) is 17.7 Å². The molecule has 0 saturated heterocycles. The molecule has 1 fully saturated rings. The second-order valence-electron chi connectivity index (χ2n) is 6.10. The molecule has 0 radical (unpaired) electrons. The van der Waals surface area contributed by atoms with Gasteiger partial charge in [-0.15, -0.1) is 0 Å². The van der Waals surface area contributed by atoms with Gasteiger partial charge in [-0.05, 0) is 50.2 Å². The molecule has 1 aliphatic rings. The number of hydrogen-bond acceptors (Lipinski definition) is 4. The van der Waals surface area contributed by atoms with Crippen molar-refractivity contribution in [3.63, 3.8) is 0 Å². The number of nitrogens with zero attached hydrogens (tertiary/aromatic N) is 2. The van der Waals surface area contributed by atoms with E-state index in [2.05, 4.69) is 9.97 Å². The van der Waals surface area contributed by atoms with Gasteiger partial charge in [0.2, 0.25) is 11.8 Å². The average molecular weight is 317 g/mol. The zero-order chi connectivity index (χ0) is 16.2. The maximum Gasteiger partial charge on any atom is 0.232 e. The third kappa shape index (κ3) is 3.94. The molecule has 1 aromatic heterocycles. The van der Waals surface area contributed by atoms with Crippen molar-refractivity contribution < 1.29 is 13.9 Å². The molecule has 0 atom stereocenters. The Morgan fingerprint density at radius 1 is 1.26 bits per heavy atom. The first-order chi connectivity index (χ1) is 11.1. The van der Waals surface area contributed by atoms with Crippen LogP contribution in [0.15, 0.2) is 24.4 Å². The van der Waals surface area contributed by atoms with Crippen LogP contribution in [0.4, 0.5) is 4.39 Å². The Bertz CT molecular complexity index is 699. The number of halogens is 1. The van der Waals surface area contributed by atoms with Crippen LogP contribution < -0.4 is 10.5 Å². The standard InChI is InChI=1S/C17H20FN3O2/c18-13-5-6-14-15(9-13)21-16(10-20-14)23-8-7-11-1-3-12(4-2-11)17(19)22/h5-6,9-12H,1-4,7-8H2,(H2,19,22). The molecule has 1 heterocycles. The van der Waals surface area contributed by atoms with Gasteiger partial charge in [-0.3, -0.25) is 4.79 Å².